The normalized spacial score (nSPS) is 20.4. The number of nitrogens with zero attached hydrogens (tertiary/aromatic N) is 3. The summed E-state index contributed by atoms with van der Waals surface area (Å²) in [5.41, 5.74) is 7.43. The van der Waals surface area contributed by atoms with Crippen molar-refractivity contribution in [1.82, 2.24) is 9.88 Å². The number of benzene rings is 4. The number of para-hydroxylation sites is 1. The van der Waals surface area contributed by atoms with Crippen molar-refractivity contribution in [2.24, 2.45) is 10.9 Å². The fourth-order valence-electron chi connectivity index (χ4n) is 7.76. The number of carboxylic acid groups (broad SMARTS) is 1. The number of likely N-dealkylation sites (tertiary alicyclic amines) is 1. The molecule has 1 fully saturated rings. The zero-order valence-corrected chi connectivity index (χ0v) is 29.2. The first kappa shape index (κ1) is 33.8. The molecular weight excluding hydrogens is 665 g/mol. The molecule has 0 bridgehead atoms. The van der Waals surface area contributed by atoms with Crippen LogP contribution in [0.25, 0.3) is 11.3 Å². The number of aromatic nitrogens is 1. The Morgan fingerprint density at radius 1 is 0.849 bits per heavy atom. The lowest BCUT2D eigenvalue weighted by Crippen LogP contribution is -2.29. The summed E-state index contributed by atoms with van der Waals surface area (Å²) >= 11 is 0. The fraction of sp³-hybridized carbons (Fsp3) is 0.205. The van der Waals surface area contributed by atoms with Crippen LogP contribution in [0.4, 0.5) is 5.69 Å². The van der Waals surface area contributed by atoms with E-state index in [0.717, 1.165) is 40.1 Å². The Morgan fingerprint density at radius 3 is 2.34 bits per heavy atom. The minimum absolute atomic E-state index is 0.0293. The van der Waals surface area contributed by atoms with Crippen LogP contribution < -0.4 is 4.90 Å². The van der Waals surface area contributed by atoms with Gasteiger partial charge in [-0.2, -0.15) is 0 Å². The quantitative estimate of drug-likeness (QED) is 0.174. The molecule has 3 atom stereocenters. The summed E-state index contributed by atoms with van der Waals surface area (Å²) in [5.74, 6) is -2.23. The lowest BCUT2D eigenvalue weighted by molar-refractivity contribution is -0.141. The molecule has 0 spiro atoms. The summed E-state index contributed by atoms with van der Waals surface area (Å²) in [5, 5.41) is 10.0. The second-order valence-electron chi connectivity index (χ2n) is 14.2. The van der Waals surface area contributed by atoms with Gasteiger partial charge in [0.2, 0.25) is 0 Å². The minimum Gasteiger partial charge on any atom is -0.481 e. The third kappa shape index (κ3) is 6.50. The Labute approximate surface area is 307 Å². The Morgan fingerprint density at radius 2 is 1.58 bits per heavy atom. The van der Waals surface area contributed by atoms with Crippen LogP contribution in [0.2, 0.25) is 0 Å². The average molecular weight is 703 g/mol. The SMILES string of the molecule is CC1(c2ccc(C3CN(C(=O)c4ccccc4)CC3C(=O)O)cc2)C=C(C(=O)Cc2ccc(-c3cc(C(=O)N4CCc5ccccc54)c[nH]3)cc2)C=N1. The minimum atomic E-state index is -0.926. The number of nitrogens with one attached hydrogen (secondary N) is 1. The molecule has 3 aliphatic rings. The van der Waals surface area contributed by atoms with Gasteiger partial charge in [0.25, 0.3) is 11.8 Å². The first-order valence-corrected chi connectivity index (χ1v) is 17.8. The predicted molar refractivity (Wildman–Crippen MR) is 203 cm³/mol. The van der Waals surface area contributed by atoms with Crippen LogP contribution in [-0.4, -0.2) is 64.4 Å². The molecule has 1 saturated heterocycles. The van der Waals surface area contributed by atoms with E-state index in [4.69, 9.17) is 4.99 Å². The number of rotatable bonds is 9. The van der Waals surface area contributed by atoms with Crippen molar-refractivity contribution in [3.63, 3.8) is 0 Å². The smallest absolute Gasteiger partial charge is 0.308 e. The molecule has 0 radical (unpaired) electrons. The molecule has 8 rings (SSSR count). The van der Waals surface area contributed by atoms with Crippen molar-refractivity contribution in [2.45, 2.75) is 31.2 Å². The summed E-state index contributed by atoms with van der Waals surface area (Å²) in [6.07, 6.45) is 6.32. The highest BCUT2D eigenvalue weighted by Gasteiger charge is 2.41. The number of anilines is 1. The molecule has 0 aliphatic carbocycles. The maximum absolute atomic E-state index is 13.4. The van der Waals surface area contributed by atoms with Crippen molar-refractivity contribution in [1.29, 1.82) is 0 Å². The molecule has 4 heterocycles. The van der Waals surface area contributed by atoms with Gasteiger partial charge in [0, 0.05) is 66.9 Å². The van der Waals surface area contributed by atoms with E-state index in [1.165, 1.54) is 5.56 Å². The van der Waals surface area contributed by atoms with E-state index >= 15 is 0 Å². The number of carbonyl (C=O) groups is 4. The highest BCUT2D eigenvalue weighted by Crippen LogP contribution is 2.37. The number of aliphatic carboxylic acids is 1. The average Bonchev–Trinajstić information content (AvgIpc) is 4.01. The van der Waals surface area contributed by atoms with Crippen molar-refractivity contribution in [2.75, 3.05) is 24.5 Å². The zero-order valence-electron chi connectivity index (χ0n) is 29.2. The molecule has 1 aromatic heterocycles. The Bertz CT molecular complexity index is 2290. The zero-order chi connectivity index (χ0) is 36.7. The van der Waals surface area contributed by atoms with Gasteiger partial charge in [-0.3, -0.25) is 24.2 Å². The molecule has 0 saturated carbocycles. The van der Waals surface area contributed by atoms with Gasteiger partial charge in [-0.25, -0.2) is 0 Å². The number of fused-ring (bicyclic) bond motifs is 1. The molecular formula is C44H38N4O5. The summed E-state index contributed by atoms with van der Waals surface area (Å²) in [4.78, 5) is 63.4. The number of allylic oxidation sites excluding steroid dienone is 1. The molecule has 264 valence electrons. The predicted octanol–water partition coefficient (Wildman–Crippen LogP) is 6.86. The first-order valence-electron chi connectivity index (χ1n) is 17.8. The molecule has 2 amide bonds. The second kappa shape index (κ2) is 13.7. The highest BCUT2D eigenvalue weighted by molar-refractivity contribution is 6.15. The number of amides is 2. The molecule has 2 N–H and O–H groups in total. The van der Waals surface area contributed by atoms with Crippen molar-refractivity contribution < 1.29 is 24.3 Å². The largest absolute Gasteiger partial charge is 0.481 e. The van der Waals surface area contributed by atoms with Crippen LogP contribution in [0.3, 0.4) is 0 Å². The molecule has 3 unspecified atom stereocenters. The fourth-order valence-corrected chi connectivity index (χ4v) is 7.76. The lowest BCUT2D eigenvalue weighted by atomic mass is 9.86. The number of H-pyrrole nitrogens is 1. The van der Waals surface area contributed by atoms with E-state index in [-0.39, 0.29) is 36.5 Å². The number of aliphatic imine (C=N–C) groups is 1. The van der Waals surface area contributed by atoms with E-state index < -0.39 is 17.4 Å². The Kier molecular flexibility index (Phi) is 8.70. The molecule has 4 aromatic carbocycles. The number of Topliss-reactive ketones (excluding diaryl/α,β-unsaturated/α-hetero) is 1. The third-order valence-corrected chi connectivity index (χ3v) is 10.8. The number of carbonyl (C=O) groups excluding carboxylic acids is 3. The van der Waals surface area contributed by atoms with Gasteiger partial charge in [0.1, 0.15) is 5.54 Å². The number of hydrogen-bond acceptors (Lipinski definition) is 5. The van der Waals surface area contributed by atoms with Crippen LogP contribution >= 0.6 is 0 Å². The van der Waals surface area contributed by atoms with Crippen LogP contribution in [0.15, 0.2) is 132 Å². The van der Waals surface area contributed by atoms with E-state index in [9.17, 15) is 24.3 Å². The molecule has 53 heavy (non-hydrogen) atoms. The van der Waals surface area contributed by atoms with E-state index in [1.54, 1.807) is 41.6 Å². The van der Waals surface area contributed by atoms with Crippen LogP contribution in [-0.2, 0) is 28.0 Å². The summed E-state index contributed by atoms with van der Waals surface area (Å²) in [6.45, 7) is 3.08. The molecule has 3 aliphatic heterocycles. The van der Waals surface area contributed by atoms with Crippen molar-refractivity contribution in [3.8, 4) is 11.3 Å². The summed E-state index contributed by atoms with van der Waals surface area (Å²) in [7, 11) is 0. The van der Waals surface area contributed by atoms with Gasteiger partial charge >= 0.3 is 5.97 Å². The van der Waals surface area contributed by atoms with Crippen LogP contribution in [0, 0.1) is 5.92 Å². The lowest BCUT2D eigenvalue weighted by Gasteiger charge is -2.21. The topological polar surface area (TPSA) is 123 Å². The third-order valence-electron chi connectivity index (χ3n) is 10.8. The summed E-state index contributed by atoms with van der Waals surface area (Å²) in [6, 6.07) is 34.2. The molecule has 9 nitrogen and oxygen atoms in total. The van der Waals surface area contributed by atoms with Crippen LogP contribution in [0.5, 0.6) is 0 Å². The number of ketones is 1. The maximum atomic E-state index is 13.4. The van der Waals surface area contributed by atoms with E-state index in [1.807, 2.05) is 96.8 Å². The highest BCUT2D eigenvalue weighted by atomic mass is 16.4. The van der Waals surface area contributed by atoms with Crippen LogP contribution in [0.1, 0.15) is 55.8 Å². The van der Waals surface area contributed by atoms with E-state index in [0.29, 0.717) is 29.8 Å². The van der Waals surface area contributed by atoms with Gasteiger partial charge in [0.05, 0.1) is 11.5 Å². The number of carboxylic acids is 1. The molecule has 5 aromatic rings. The number of hydrogen-bond donors (Lipinski definition) is 2. The molecule has 9 heteroatoms. The van der Waals surface area contributed by atoms with Crippen molar-refractivity contribution in [3.05, 3.63) is 160 Å². The second-order valence-corrected chi connectivity index (χ2v) is 14.2. The Balaban J connectivity index is 0.906. The Hall–Kier alpha value is -6.35. The first-order chi connectivity index (χ1) is 25.7. The number of aromatic amines is 1. The standard InChI is InChI=1S/C44H38N4O5/c1-44(35-17-15-29(16-18-35)36-26-47(27-37(36)43(52)53)41(50)32-8-3-2-4-9-32)23-34(25-46-44)40(49)21-28-11-13-30(14-12-28)38-22-33(24-45-38)42(51)48-20-19-31-7-5-6-10-39(31)48/h2-18,22-25,36-37,45H,19-21,26-27H2,1H3,(H,52,53). The summed E-state index contributed by atoms with van der Waals surface area (Å²) < 4.78 is 0. The maximum Gasteiger partial charge on any atom is 0.308 e. The van der Waals surface area contributed by atoms with Gasteiger partial charge in [0.15, 0.2) is 5.78 Å². The van der Waals surface area contributed by atoms with E-state index in [2.05, 4.69) is 11.1 Å². The van der Waals surface area contributed by atoms with Crippen molar-refractivity contribution >= 4 is 35.5 Å². The van der Waals surface area contributed by atoms with Gasteiger partial charge in [-0.1, -0.05) is 84.9 Å². The van der Waals surface area contributed by atoms with Gasteiger partial charge < -0.3 is 19.9 Å². The van der Waals surface area contributed by atoms with Gasteiger partial charge in [-0.15, -0.1) is 0 Å². The monoisotopic (exact) mass is 702 g/mol. The van der Waals surface area contributed by atoms with Gasteiger partial charge in [-0.05, 0) is 71.5 Å².